The topological polar surface area (TPSA) is 73.3 Å². The first-order valence-electron chi connectivity index (χ1n) is 8.18. The van der Waals surface area contributed by atoms with Gasteiger partial charge in [0.1, 0.15) is 27.6 Å². The Labute approximate surface area is 158 Å². The van der Waals surface area contributed by atoms with E-state index in [1.54, 1.807) is 19.1 Å². The van der Waals surface area contributed by atoms with Crippen molar-refractivity contribution in [2.75, 3.05) is 11.9 Å². The van der Waals surface area contributed by atoms with Crippen molar-refractivity contribution in [3.63, 3.8) is 0 Å². The lowest BCUT2D eigenvalue weighted by molar-refractivity contribution is -0.0498. The third-order valence-electron chi connectivity index (χ3n) is 3.77. The molecule has 0 saturated heterocycles. The smallest absolute Gasteiger partial charge is 0.387 e. The summed E-state index contributed by atoms with van der Waals surface area (Å²) in [7, 11) is 0. The number of rotatable bonds is 7. The van der Waals surface area contributed by atoms with Gasteiger partial charge in [0.2, 0.25) is 0 Å². The van der Waals surface area contributed by atoms with Gasteiger partial charge in [0.05, 0.1) is 12.0 Å². The number of aromatic nitrogens is 2. The van der Waals surface area contributed by atoms with E-state index in [-0.39, 0.29) is 11.7 Å². The zero-order valence-electron chi connectivity index (χ0n) is 14.7. The van der Waals surface area contributed by atoms with Crippen LogP contribution in [0.1, 0.15) is 27.7 Å². The van der Waals surface area contributed by atoms with Crippen LogP contribution in [0.3, 0.4) is 0 Å². The van der Waals surface area contributed by atoms with Gasteiger partial charge in [-0.3, -0.25) is 0 Å². The molecule has 0 saturated carbocycles. The van der Waals surface area contributed by atoms with Crippen LogP contribution in [-0.2, 0) is 11.3 Å². The van der Waals surface area contributed by atoms with Crippen molar-refractivity contribution >= 4 is 33.3 Å². The molecule has 0 aliphatic heterocycles. The van der Waals surface area contributed by atoms with E-state index in [2.05, 4.69) is 20.0 Å². The van der Waals surface area contributed by atoms with Crippen LogP contribution in [-0.4, -0.2) is 29.2 Å². The molecule has 3 rings (SSSR count). The average Bonchev–Trinajstić information content (AvgIpc) is 2.97. The lowest BCUT2D eigenvalue weighted by Gasteiger charge is -2.09. The summed E-state index contributed by atoms with van der Waals surface area (Å²) in [5.74, 6) is 0.263. The number of benzene rings is 1. The molecule has 9 heteroatoms. The number of aryl methyl sites for hydroxylation is 1. The summed E-state index contributed by atoms with van der Waals surface area (Å²) in [5.41, 5.74) is 1.49. The first kappa shape index (κ1) is 19.0. The van der Waals surface area contributed by atoms with Crippen LogP contribution in [0.2, 0.25) is 0 Å². The number of hydrogen-bond donors (Lipinski definition) is 1. The maximum absolute atomic E-state index is 12.4. The van der Waals surface area contributed by atoms with Crippen molar-refractivity contribution in [3.05, 3.63) is 46.6 Å². The van der Waals surface area contributed by atoms with Crippen LogP contribution in [0.15, 0.2) is 30.6 Å². The lowest BCUT2D eigenvalue weighted by Crippen LogP contribution is -2.05. The van der Waals surface area contributed by atoms with Crippen molar-refractivity contribution in [3.8, 4) is 5.75 Å². The van der Waals surface area contributed by atoms with Gasteiger partial charge in [-0.05, 0) is 37.1 Å². The van der Waals surface area contributed by atoms with Gasteiger partial charge in [-0.2, -0.15) is 8.78 Å². The molecule has 142 valence electrons. The number of halogens is 2. The molecule has 0 aliphatic rings. The molecule has 1 N–H and O–H groups in total. The summed E-state index contributed by atoms with van der Waals surface area (Å²) in [6.07, 6.45) is 1.41. The Hall–Kier alpha value is -2.81. The number of carbonyl (C=O) groups excluding carboxylic acids is 1. The molecular formula is C18H17F2N3O3S. The maximum Gasteiger partial charge on any atom is 0.387 e. The number of ether oxygens (including phenoxy) is 2. The van der Waals surface area contributed by atoms with Crippen LogP contribution in [0.5, 0.6) is 5.75 Å². The standard InChI is InChI=1S/C18H17F2N3O3S/c1-3-25-17(24)14-10(2)13-15(22-9-23-16(13)27-14)21-8-11-5-4-6-12(7-11)26-18(19)20/h4-7,9,18H,3,8H2,1-2H3,(H,21,22,23). The molecule has 2 aromatic heterocycles. The van der Waals surface area contributed by atoms with Crippen LogP contribution < -0.4 is 10.1 Å². The minimum atomic E-state index is -2.87. The summed E-state index contributed by atoms with van der Waals surface area (Å²) in [5, 5.41) is 3.91. The number of alkyl halides is 2. The molecule has 0 radical (unpaired) electrons. The summed E-state index contributed by atoms with van der Waals surface area (Å²) >= 11 is 1.25. The zero-order valence-corrected chi connectivity index (χ0v) is 15.5. The minimum absolute atomic E-state index is 0.0912. The molecule has 0 unspecified atom stereocenters. The van der Waals surface area contributed by atoms with Crippen molar-refractivity contribution in [2.45, 2.75) is 27.0 Å². The molecule has 0 atom stereocenters. The second kappa shape index (κ2) is 8.26. The van der Waals surface area contributed by atoms with E-state index >= 15 is 0 Å². The van der Waals surface area contributed by atoms with E-state index in [1.165, 1.54) is 29.8 Å². The normalized spacial score (nSPS) is 11.0. The third-order valence-corrected chi connectivity index (χ3v) is 4.95. The maximum atomic E-state index is 12.4. The summed E-state index contributed by atoms with van der Waals surface area (Å²) in [4.78, 5) is 21.7. The molecule has 0 aliphatic carbocycles. The van der Waals surface area contributed by atoms with E-state index < -0.39 is 6.61 Å². The first-order chi connectivity index (χ1) is 13.0. The van der Waals surface area contributed by atoms with Gasteiger partial charge in [-0.15, -0.1) is 11.3 Å². The fourth-order valence-corrected chi connectivity index (χ4v) is 3.66. The zero-order chi connectivity index (χ0) is 19.4. The van der Waals surface area contributed by atoms with Crippen LogP contribution in [0, 0.1) is 6.92 Å². The first-order valence-corrected chi connectivity index (χ1v) is 9.00. The molecule has 1 aromatic carbocycles. The summed E-state index contributed by atoms with van der Waals surface area (Å²) < 4.78 is 34.2. The monoisotopic (exact) mass is 393 g/mol. The van der Waals surface area contributed by atoms with E-state index in [0.717, 1.165) is 16.5 Å². The Morgan fingerprint density at radius 2 is 2.15 bits per heavy atom. The van der Waals surface area contributed by atoms with Crippen molar-refractivity contribution in [1.29, 1.82) is 0 Å². The van der Waals surface area contributed by atoms with Gasteiger partial charge >= 0.3 is 12.6 Å². The molecule has 2 heterocycles. The van der Waals surface area contributed by atoms with Gasteiger partial charge in [0, 0.05) is 6.54 Å². The van der Waals surface area contributed by atoms with E-state index in [1.807, 2.05) is 6.92 Å². The average molecular weight is 393 g/mol. The number of nitrogens with zero attached hydrogens (tertiary/aromatic N) is 2. The second-order valence-electron chi connectivity index (χ2n) is 5.56. The highest BCUT2D eigenvalue weighted by Gasteiger charge is 2.20. The quantitative estimate of drug-likeness (QED) is 0.600. The predicted molar refractivity (Wildman–Crippen MR) is 98.5 cm³/mol. The number of esters is 1. The summed E-state index contributed by atoms with van der Waals surface area (Å²) in [6, 6.07) is 6.42. The van der Waals surface area contributed by atoms with Gasteiger partial charge < -0.3 is 14.8 Å². The Morgan fingerprint density at radius 3 is 2.89 bits per heavy atom. The highest BCUT2D eigenvalue weighted by Crippen LogP contribution is 2.34. The second-order valence-corrected chi connectivity index (χ2v) is 6.56. The molecular weight excluding hydrogens is 376 g/mol. The molecule has 0 bridgehead atoms. The lowest BCUT2D eigenvalue weighted by atomic mass is 10.2. The van der Waals surface area contributed by atoms with Crippen molar-refractivity contribution in [1.82, 2.24) is 9.97 Å². The highest BCUT2D eigenvalue weighted by atomic mass is 32.1. The number of fused-ring (bicyclic) bond motifs is 1. The van der Waals surface area contributed by atoms with Crippen molar-refractivity contribution in [2.24, 2.45) is 0 Å². The number of anilines is 1. The predicted octanol–water partition coefficient (Wildman–Crippen LogP) is 4.39. The number of nitrogens with one attached hydrogen (secondary N) is 1. The molecule has 27 heavy (non-hydrogen) atoms. The number of hydrogen-bond acceptors (Lipinski definition) is 7. The summed E-state index contributed by atoms with van der Waals surface area (Å²) in [6.45, 7) is 1.33. The molecule has 6 nitrogen and oxygen atoms in total. The van der Waals surface area contributed by atoms with Crippen molar-refractivity contribution < 1.29 is 23.0 Å². The van der Waals surface area contributed by atoms with Crippen LogP contribution in [0.4, 0.5) is 14.6 Å². The number of thiophene rings is 1. The molecule has 3 aromatic rings. The van der Waals surface area contributed by atoms with Crippen LogP contribution >= 0.6 is 11.3 Å². The van der Waals surface area contributed by atoms with Crippen LogP contribution in [0.25, 0.3) is 10.2 Å². The Morgan fingerprint density at radius 1 is 1.33 bits per heavy atom. The third kappa shape index (κ3) is 4.30. The largest absolute Gasteiger partial charge is 0.462 e. The van der Waals surface area contributed by atoms with Gasteiger partial charge in [0.25, 0.3) is 0 Å². The fraction of sp³-hybridized carbons (Fsp3) is 0.278. The Kier molecular flexibility index (Phi) is 5.80. The Bertz CT molecular complexity index is 962. The Balaban J connectivity index is 1.84. The highest BCUT2D eigenvalue weighted by molar-refractivity contribution is 7.20. The van der Waals surface area contributed by atoms with E-state index in [4.69, 9.17) is 4.74 Å². The van der Waals surface area contributed by atoms with E-state index in [9.17, 15) is 13.6 Å². The van der Waals surface area contributed by atoms with E-state index in [0.29, 0.717) is 28.7 Å². The van der Waals surface area contributed by atoms with Gasteiger partial charge in [-0.25, -0.2) is 14.8 Å². The number of carbonyl (C=O) groups is 1. The minimum Gasteiger partial charge on any atom is -0.462 e. The molecule has 0 amide bonds. The fourth-order valence-electron chi connectivity index (χ4n) is 2.61. The molecule has 0 fully saturated rings. The van der Waals surface area contributed by atoms with Gasteiger partial charge in [0.15, 0.2) is 0 Å². The SMILES string of the molecule is CCOC(=O)c1sc2ncnc(NCc3cccc(OC(F)F)c3)c2c1C. The molecule has 0 spiro atoms. The van der Waals surface area contributed by atoms with Gasteiger partial charge in [-0.1, -0.05) is 12.1 Å².